The fourth-order valence-corrected chi connectivity index (χ4v) is 6.23. The number of fused-ring (bicyclic) bond motifs is 3. The van der Waals surface area contributed by atoms with Crippen LogP contribution >= 0.6 is 0 Å². The van der Waals surface area contributed by atoms with Crippen molar-refractivity contribution in [3.63, 3.8) is 0 Å². The van der Waals surface area contributed by atoms with Gasteiger partial charge in [-0.3, -0.25) is 28.9 Å². The molecule has 6 atom stereocenters. The maximum atomic E-state index is 15.6. The summed E-state index contributed by atoms with van der Waals surface area (Å²) in [6, 6.07) is -0.203. The average molecular weight is 498 g/mol. The Balaban J connectivity index is 1.65. The third-order valence-electron chi connectivity index (χ3n) is 7.75. The number of carbonyl (C=O) groups excluding carboxylic acids is 5. The summed E-state index contributed by atoms with van der Waals surface area (Å²) in [5.41, 5.74) is 1.87. The Morgan fingerprint density at radius 1 is 1.25 bits per heavy atom. The molecule has 0 saturated heterocycles. The second-order valence-electron chi connectivity index (χ2n) is 9.84. The first kappa shape index (κ1) is 23.9. The van der Waals surface area contributed by atoms with Crippen molar-refractivity contribution >= 4 is 29.0 Å². The number of imidazole rings is 1. The molecule has 1 aromatic carbocycles. The van der Waals surface area contributed by atoms with Crippen LogP contribution in [0.3, 0.4) is 0 Å². The van der Waals surface area contributed by atoms with Gasteiger partial charge >= 0.3 is 0 Å². The maximum absolute atomic E-state index is 15.6. The van der Waals surface area contributed by atoms with E-state index in [9.17, 15) is 34.2 Å². The van der Waals surface area contributed by atoms with Crippen LogP contribution in [0.4, 0.5) is 4.39 Å². The number of likely N-dealkylation sites (N-methyl/N-ethyl adjacent to an activating group) is 1. The summed E-state index contributed by atoms with van der Waals surface area (Å²) >= 11 is 0. The number of nitrogens with one attached hydrogen (secondary N) is 1. The van der Waals surface area contributed by atoms with Crippen LogP contribution in [0.15, 0.2) is 18.5 Å². The SMILES string of the molecule is CN(C)C1C(=O)C(C(N)=O)C(=O)C2(O)C(=O)C3C(=O)c4c(O)cc(-c5ncc[nH]5)c(F)c4CC3CC12. The molecule has 11 nitrogen and oxygen atoms in total. The number of hydrogen-bond donors (Lipinski definition) is 4. The van der Waals surface area contributed by atoms with Crippen LogP contribution < -0.4 is 5.73 Å². The quantitative estimate of drug-likeness (QED) is 0.401. The Kier molecular flexibility index (Phi) is 5.23. The van der Waals surface area contributed by atoms with Gasteiger partial charge in [-0.2, -0.15) is 0 Å². The number of aromatic hydroxyl groups is 1. The van der Waals surface area contributed by atoms with Gasteiger partial charge in [0.25, 0.3) is 0 Å². The summed E-state index contributed by atoms with van der Waals surface area (Å²) in [6.07, 6.45) is 2.53. The van der Waals surface area contributed by atoms with E-state index in [1.807, 2.05) is 0 Å². The molecular weight excluding hydrogens is 475 g/mol. The van der Waals surface area contributed by atoms with E-state index < -0.39 is 81.5 Å². The van der Waals surface area contributed by atoms with Crippen molar-refractivity contribution in [2.24, 2.45) is 29.4 Å². The predicted molar refractivity (Wildman–Crippen MR) is 119 cm³/mol. The number of phenols is 1. The van der Waals surface area contributed by atoms with Crippen LogP contribution in [-0.4, -0.2) is 79.9 Å². The molecule has 0 aliphatic heterocycles. The molecule has 0 radical (unpaired) electrons. The third-order valence-corrected chi connectivity index (χ3v) is 7.75. The van der Waals surface area contributed by atoms with E-state index in [2.05, 4.69) is 9.97 Å². The zero-order valence-corrected chi connectivity index (χ0v) is 19.3. The van der Waals surface area contributed by atoms with Crippen molar-refractivity contribution < 1.29 is 38.6 Å². The number of ketones is 4. The molecule has 36 heavy (non-hydrogen) atoms. The lowest BCUT2D eigenvalue weighted by atomic mass is 9.52. The molecule has 12 heteroatoms. The van der Waals surface area contributed by atoms with E-state index in [1.165, 1.54) is 31.4 Å². The number of aliphatic hydroxyl groups is 1. The van der Waals surface area contributed by atoms with Crippen LogP contribution in [0.2, 0.25) is 0 Å². The highest BCUT2D eigenvalue weighted by Gasteiger charge is 2.69. The van der Waals surface area contributed by atoms with Gasteiger partial charge in [-0.1, -0.05) is 0 Å². The molecule has 3 aliphatic carbocycles. The lowest BCUT2D eigenvalue weighted by molar-refractivity contribution is -0.181. The molecule has 3 aliphatic rings. The Bertz CT molecular complexity index is 1350. The van der Waals surface area contributed by atoms with Crippen molar-refractivity contribution in [2.75, 3.05) is 14.1 Å². The molecule has 0 bridgehead atoms. The van der Waals surface area contributed by atoms with E-state index in [0.717, 1.165) is 6.07 Å². The number of nitrogens with two attached hydrogens (primary N) is 1. The first-order chi connectivity index (χ1) is 16.9. The molecule has 5 rings (SSSR count). The largest absolute Gasteiger partial charge is 0.507 e. The van der Waals surface area contributed by atoms with Gasteiger partial charge in [0, 0.05) is 23.9 Å². The number of nitrogens with zero attached hydrogens (tertiary/aromatic N) is 2. The molecule has 2 saturated carbocycles. The van der Waals surface area contributed by atoms with Crippen molar-refractivity contribution in [3.05, 3.63) is 35.4 Å². The van der Waals surface area contributed by atoms with Gasteiger partial charge in [0.1, 0.15) is 17.4 Å². The van der Waals surface area contributed by atoms with Crippen LogP contribution in [0.1, 0.15) is 22.3 Å². The molecule has 188 valence electrons. The molecule has 1 aromatic heterocycles. The normalized spacial score (nSPS) is 31.8. The van der Waals surface area contributed by atoms with Crippen LogP contribution in [-0.2, 0) is 25.6 Å². The van der Waals surface area contributed by atoms with Crippen molar-refractivity contribution in [3.8, 4) is 17.1 Å². The van der Waals surface area contributed by atoms with Gasteiger partial charge in [-0.05, 0) is 38.9 Å². The Morgan fingerprint density at radius 2 is 1.94 bits per heavy atom. The molecule has 2 aromatic rings. The maximum Gasteiger partial charge on any atom is 0.235 e. The van der Waals surface area contributed by atoms with E-state index in [0.29, 0.717) is 0 Å². The number of aromatic nitrogens is 2. The highest BCUT2D eigenvalue weighted by atomic mass is 19.1. The molecular formula is C24H23FN4O7. The number of aromatic amines is 1. The van der Waals surface area contributed by atoms with E-state index in [4.69, 9.17) is 5.73 Å². The van der Waals surface area contributed by atoms with E-state index in [-0.39, 0.29) is 29.8 Å². The fraction of sp³-hybridized carbons (Fsp3) is 0.417. The summed E-state index contributed by atoms with van der Waals surface area (Å²) in [6.45, 7) is 0. The highest BCUT2D eigenvalue weighted by Crippen LogP contribution is 2.51. The Morgan fingerprint density at radius 3 is 2.53 bits per heavy atom. The van der Waals surface area contributed by atoms with Crippen molar-refractivity contribution in [1.29, 1.82) is 0 Å². The average Bonchev–Trinajstić information content (AvgIpc) is 3.32. The fourth-order valence-electron chi connectivity index (χ4n) is 6.23. The number of carbonyl (C=O) groups is 5. The number of Topliss-reactive ketones (excluding diaryl/α,β-unsaturated/α-hetero) is 4. The van der Waals surface area contributed by atoms with Gasteiger partial charge in [0.2, 0.25) is 5.91 Å². The summed E-state index contributed by atoms with van der Waals surface area (Å²) in [7, 11) is 2.98. The summed E-state index contributed by atoms with van der Waals surface area (Å²) in [5, 5.41) is 22.1. The first-order valence-electron chi connectivity index (χ1n) is 11.3. The second kappa shape index (κ2) is 7.87. The lowest BCUT2D eigenvalue weighted by Gasteiger charge is -2.52. The smallest absolute Gasteiger partial charge is 0.235 e. The highest BCUT2D eigenvalue weighted by molar-refractivity contribution is 6.32. The minimum absolute atomic E-state index is 0.0698. The molecule has 1 heterocycles. The van der Waals surface area contributed by atoms with Gasteiger partial charge in [-0.25, -0.2) is 9.37 Å². The van der Waals surface area contributed by atoms with Crippen LogP contribution in [0.5, 0.6) is 5.75 Å². The summed E-state index contributed by atoms with van der Waals surface area (Å²) in [5.74, 6) is -12.6. The number of phenolic OH excluding ortho intramolecular Hbond substituents is 1. The zero-order valence-electron chi connectivity index (χ0n) is 19.3. The number of benzene rings is 1. The Hall–Kier alpha value is -3.77. The van der Waals surface area contributed by atoms with E-state index in [1.54, 1.807) is 0 Å². The summed E-state index contributed by atoms with van der Waals surface area (Å²) < 4.78 is 15.6. The second-order valence-corrected chi connectivity index (χ2v) is 9.84. The number of hydrogen-bond acceptors (Lipinski definition) is 9. The zero-order chi connectivity index (χ0) is 26.3. The molecule has 6 unspecified atom stereocenters. The predicted octanol–water partition coefficient (Wildman–Crippen LogP) is -0.604. The standard InChI is InChI=1S/C24H23FN4O7/c1-29(2)17-11-6-8-5-9-14(12(30)7-10(16(9)25)23-27-3-4-28-23)18(31)13(8)20(33)24(11,36)21(34)15(19(17)32)22(26)35/h3-4,7-8,11,13,15,17,30,36H,5-6H2,1-2H3,(H2,26,35)(H,27,28). The number of halogens is 1. The third kappa shape index (κ3) is 2.97. The van der Waals surface area contributed by atoms with Gasteiger partial charge in [0.05, 0.1) is 23.1 Å². The number of primary amides is 1. The van der Waals surface area contributed by atoms with Gasteiger partial charge in [-0.15, -0.1) is 0 Å². The Labute approximate surface area is 203 Å². The minimum atomic E-state index is -2.82. The molecule has 2 fully saturated rings. The minimum Gasteiger partial charge on any atom is -0.507 e. The van der Waals surface area contributed by atoms with Gasteiger partial charge in [0.15, 0.2) is 34.7 Å². The van der Waals surface area contributed by atoms with E-state index >= 15 is 4.39 Å². The topological polar surface area (TPSA) is 184 Å². The monoisotopic (exact) mass is 498 g/mol. The van der Waals surface area contributed by atoms with Gasteiger partial charge < -0.3 is 20.9 Å². The van der Waals surface area contributed by atoms with Crippen molar-refractivity contribution in [2.45, 2.75) is 24.5 Å². The molecule has 0 spiro atoms. The number of amides is 1. The molecule has 5 N–H and O–H groups in total. The lowest BCUT2D eigenvalue weighted by Crippen LogP contribution is -2.74. The summed E-state index contributed by atoms with van der Waals surface area (Å²) in [4.78, 5) is 73.5. The number of H-pyrrole nitrogens is 1. The van der Waals surface area contributed by atoms with Crippen LogP contribution in [0, 0.1) is 29.5 Å². The number of rotatable bonds is 3. The van der Waals surface area contributed by atoms with Crippen LogP contribution in [0.25, 0.3) is 11.4 Å². The molecule has 1 amide bonds. The first-order valence-corrected chi connectivity index (χ1v) is 11.3. The van der Waals surface area contributed by atoms with Crippen molar-refractivity contribution in [1.82, 2.24) is 14.9 Å².